The Morgan fingerprint density at radius 3 is 2.54 bits per heavy atom. The summed E-state index contributed by atoms with van der Waals surface area (Å²) in [7, 11) is 0. The van der Waals surface area contributed by atoms with E-state index in [1.165, 1.54) is 16.4 Å². The molecule has 6 nitrogen and oxygen atoms in total. The van der Waals surface area contributed by atoms with E-state index in [2.05, 4.69) is 48.4 Å². The molecule has 0 amide bonds. The van der Waals surface area contributed by atoms with E-state index in [-0.39, 0.29) is 6.04 Å². The fourth-order valence-corrected chi connectivity index (χ4v) is 2.97. The Morgan fingerprint density at radius 2 is 1.88 bits per heavy atom. The van der Waals surface area contributed by atoms with E-state index >= 15 is 0 Å². The predicted molar refractivity (Wildman–Crippen MR) is 92.0 cm³/mol. The number of nitrogens with one attached hydrogen (secondary N) is 2. The Balaban J connectivity index is 1.50. The maximum atomic E-state index is 11.1. The molecule has 24 heavy (non-hydrogen) atoms. The van der Waals surface area contributed by atoms with Gasteiger partial charge in [-0.15, -0.1) is 0 Å². The van der Waals surface area contributed by atoms with Crippen LogP contribution >= 0.6 is 15.9 Å². The fourth-order valence-electron chi connectivity index (χ4n) is 2.70. The molecule has 0 saturated heterocycles. The van der Waals surface area contributed by atoms with E-state index < -0.39 is 5.63 Å². The second kappa shape index (κ2) is 6.09. The van der Waals surface area contributed by atoms with Crippen LogP contribution in [0.5, 0.6) is 0 Å². The Hall–Kier alpha value is -2.67. The molecule has 1 unspecified atom stereocenters. The molecule has 2 N–H and O–H groups in total. The molecule has 0 radical (unpaired) electrons. The summed E-state index contributed by atoms with van der Waals surface area (Å²) in [4.78, 5) is 11.1. The normalized spacial score (nSPS) is 16.7. The third kappa shape index (κ3) is 2.90. The quantitative estimate of drug-likeness (QED) is 0.680. The van der Waals surface area contributed by atoms with Crippen molar-refractivity contribution in [3.05, 3.63) is 80.7 Å². The van der Waals surface area contributed by atoms with Crippen LogP contribution in [0.4, 0.5) is 0 Å². The van der Waals surface area contributed by atoms with Crippen LogP contribution < -0.4 is 15.7 Å². The summed E-state index contributed by atoms with van der Waals surface area (Å²) in [5.41, 5.74) is 6.88. The highest BCUT2D eigenvalue weighted by atomic mass is 79.9. The van der Waals surface area contributed by atoms with Crippen LogP contribution in [0.25, 0.3) is 5.69 Å². The van der Waals surface area contributed by atoms with Gasteiger partial charge in [0, 0.05) is 23.0 Å². The van der Waals surface area contributed by atoms with Crippen LogP contribution in [0.2, 0.25) is 0 Å². The monoisotopic (exact) mass is 385 g/mol. The van der Waals surface area contributed by atoms with Crippen molar-refractivity contribution in [1.82, 2.24) is 10.7 Å². The van der Waals surface area contributed by atoms with Crippen LogP contribution in [-0.2, 0) is 0 Å². The molecule has 0 bridgehead atoms. The summed E-state index contributed by atoms with van der Waals surface area (Å²) >= 11 is 3.45. The van der Waals surface area contributed by atoms with Crippen molar-refractivity contribution in [2.75, 3.05) is 0 Å². The molecule has 0 spiro atoms. The summed E-state index contributed by atoms with van der Waals surface area (Å²) in [5, 5.41) is 6.99. The van der Waals surface area contributed by atoms with Crippen molar-refractivity contribution >= 4 is 21.6 Å². The van der Waals surface area contributed by atoms with Gasteiger partial charge < -0.3 is 5.43 Å². The average molecular weight is 386 g/mol. The molecule has 2 aromatic carbocycles. The van der Waals surface area contributed by atoms with E-state index in [1.807, 2.05) is 36.4 Å². The Kier molecular flexibility index (Phi) is 3.78. The van der Waals surface area contributed by atoms with Crippen molar-refractivity contribution in [3.8, 4) is 5.69 Å². The van der Waals surface area contributed by atoms with Gasteiger partial charge in [0.05, 0.1) is 11.8 Å². The Labute approximate surface area is 145 Å². The minimum Gasteiger partial charge on any atom is -0.302 e. The number of rotatable bonds is 3. The van der Waals surface area contributed by atoms with E-state index in [0.29, 0.717) is 0 Å². The topological polar surface area (TPSA) is 74.3 Å². The van der Waals surface area contributed by atoms with Gasteiger partial charge in [-0.2, -0.15) is 5.10 Å². The number of H-pyrrole nitrogens is 1. The number of hydrogen-bond donors (Lipinski definition) is 2. The fraction of sp³-hybridized carbons (Fsp3) is 0.118. The number of hydrazone groups is 1. The van der Waals surface area contributed by atoms with E-state index in [9.17, 15) is 4.79 Å². The summed E-state index contributed by atoms with van der Waals surface area (Å²) < 4.78 is 7.26. The second-order valence-electron chi connectivity index (χ2n) is 5.55. The first-order chi connectivity index (χ1) is 11.7. The number of hydrogen-bond acceptors (Lipinski definition) is 4. The molecule has 0 fully saturated rings. The van der Waals surface area contributed by atoms with Crippen LogP contribution in [0, 0.1) is 0 Å². The molecule has 120 valence electrons. The lowest BCUT2D eigenvalue weighted by molar-refractivity contribution is -0.670. The average Bonchev–Trinajstić information content (AvgIpc) is 3.25. The van der Waals surface area contributed by atoms with Crippen molar-refractivity contribution in [2.45, 2.75) is 12.5 Å². The van der Waals surface area contributed by atoms with Gasteiger partial charge in [0.1, 0.15) is 0 Å². The van der Waals surface area contributed by atoms with Crippen LogP contribution in [0.15, 0.2) is 73.6 Å². The highest BCUT2D eigenvalue weighted by molar-refractivity contribution is 9.10. The minimum atomic E-state index is -0.416. The van der Waals surface area contributed by atoms with E-state index in [1.54, 1.807) is 0 Å². The summed E-state index contributed by atoms with van der Waals surface area (Å²) in [6, 6.07) is 16.2. The van der Waals surface area contributed by atoms with E-state index in [4.69, 9.17) is 0 Å². The number of aromatic nitrogens is 2. The van der Waals surface area contributed by atoms with Gasteiger partial charge >= 0.3 is 5.63 Å². The summed E-state index contributed by atoms with van der Waals surface area (Å²) in [6.45, 7) is 0. The highest BCUT2D eigenvalue weighted by Gasteiger charge is 2.21. The molecule has 1 aliphatic heterocycles. The lowest BCUT2D eigenvalue weighted by atomic mass is 9.99. The molecule has 4 rings (SSSR count). The van der Waals surface area contributed by atoms with Crippen molar-refractivity contribution in [2.24, 2.45) is 5.10 Å². The zero-order valence-corrected chi connectivity index (χ0v) is 14.2. The second-order valence-corrected chi connectivity index (χ2v) is 6.47. The van der Waals surface area contributed by atoms with Gasteiger partial charge in [-0.05, 0) is 45.3 Å². The summed E-state index contributed by atoms with van der Waals surface area (Å²) in [6.07, 6.45) is 2.18. The van der Waals surface area contributed by atoms with Crippen LogP contribution in [0.1, 0.15) is 23.6 Å². The largest absolute Gasteiger partial charge is 0.427 e. The Bertz CT molecular complexity index is 942. The number of halogens is 1. The maximum absolute atomic E-state index is 11.1. The zero-order chi connectivity index (χ0) is 16.5. The molecule has 3 aromatic rings. The molecule has 1 atom stereocenters. The maximum Gasteiger partial charge on any atom is 0.427 e. The van der Waals surface area contributed by atoms with Gasteiger partial charge in [0.2, 0.25) is 5.69 Å². The molecule has 0 saturated carbocycles. The first-order valence-corrected chi connectivity index (χ1v) is 8.27. The predicted octanol–water partition coefficient (Wildman–Crippen LogP) is 2.45. The van der Waals surface area contributed by atoms with Gasteiger partial charge in [-0.3, -0.25) is 4.52 Å². The molecule has 1 aromatic heterocycles. The molecule has 1 aliphatic rings. The van der Waals surface area contributed by atoms with Crippen LogP contribution in [-0.4, -0.2) is 11.0 Å². The van der Waals surface area contributed by atoms with Gasteiger partial charge in [-0.25, -0.2) is 4.79 Å². The third-order valence-corrected chi connectivity index (χ3v) is 4.51. The number of benzene rings is 2. The van der Waals surface area contributed by atoms with Gasteiger partial charge in [0.15, 0.2) is 0 Å². The molecular weight excluding hydrogens is 372 g/mol. The van der Waals surface area contributed by atoms with E-state index in [0.717, 1.165) is 27.9 Å². The van der Waals surface area contributed by atoms with Crippen molar-refractivity contribution in [1.29, 1.82) is 0 Å². The first kappa shape index (κ1) is 14.9. The molecule has 7 heteroatoms. The van der Waals surface area contributed by atoms with Crippen molar-refractivity contribution < 1.29 is 9.20 Å². The Morgan fingerprint density at radius 1 is 1.12 bits per heavy atom. The third-order valence-electron chi connectivity index (χ3n) is 3.98. The number of nitrogens with zero attached hydrogens (tertiary/aromatic N) is 2. The van der Waals surface area contributed by atoms with Crippen LogP contribution in [0.3, 0.4) is 0 Å². The SMILES string of the molecule is O=c1c[n+](-c2ccc(C3=NNC(c4ccc(Br)cc4)C3)cc2)[nH]o1. The van der Waals surface area contributed by atoms with Gasteiger partial charge in [-0.1, -0.05) is 28.1 Å². The first-order valence-electron chi connectivity index (χ1n) is 7.47. The lowest BCUT2D eigenvalue weighted by Gasteiger charge is -2.10. The lowest BCUT2D eigenvalue weighted by Crippen LogP contribution is -2.32. The molecular formula is C17H14BrN4O2+. The smallest absolute Gasteiger partial charge is 0.302 e. The van der Waals surface area contributed by atoms with Crippen molar-refractivity contribution in [3.63, 3.8) is 0 Å². The molecule has 2 heterocycles. The number of aromatic amines is 1. The zero-order valence-electron chi connectivity index (χ0n) is 12.6. The molecule has 0 aliphatic carbocycles. The highest BCUT2D eigenvalue weighted by Crippen LogP contribution is 2.25. The standard InChI is InChI=1S/C17H13BrN4O2/c18-13-5-1-11(2-6-13)15-9-16(20-19-15)12-3-7-14(8-4-12)22-10-17(23)24-21-22/h1-8,10,15H,9H2,(H-,19,21,23)/p+1. The summed E-state index contributed by atoms with van der Waals surface area (Å²) in [5.74, 6) is 0. The minimum absolute atomic E-state index is 0.187. The van der Waals surface area contributed by atoms with Gasteiger partial charge in [0.25, 0.3) is 6.20 Å².